The quantitative estimate of drug-likeness (QED) is 0.0634. The highest BCUT2D eigenvalue weighted by Crippen LogP contribution is 2.19. The van der Waals surface area contributed by atoms with Crippen LogP contribution in [0.2, 0.25) is 0 Å². The molecule has 0 aromatic carbocycles. The first-order valence-electron chi connectivity index (χ1n) is 11.9. The van der Waals surface area contributed by atoms with E-state index in [1.807, 2.05) is 6.08 Å². The van der Waals surface area contributed by atoms with Gasteiger partial charge in [-0.15, -0.1) is 0 Å². The van der Waals surface area contributed by atoms with Crippen LogP contribution in [0.4, 0.5) is 0 Å². The molecule has 3 amide bonds. The van der Waals surface area contributed by atoms with Crippen molar-refractivity contribution in [2.24, 2.45) is 5.92 Å². The van der Waals surface area contributed by atoms with E-state index in [2.05, 4.69) is 50.8 Å². The van der Waals surface area contributed by atoms with Crippen molar-refractivity contribution in [3.05, 3.63) is 47.2 Å². The summed E-state index contributed by atoms with van der Waals surface area (Å²) < 4.78 is 8.12. The van der Waals surface area contributed by atoms with Gasteiger partial charge in [0.25, 0.3) is 11.8 Å². The molecule has 0 aromatic heterocycles. The first-order chi connectivity index (χ1) is 16.8. The van der Waals surface area contributed by atoms with E-state index in [0.717, 1.165) is 32.1 Å². The maximum Gasteiger partial charge on any atom is 0.257 e. The summed E-state index contributed by atoms with van der Waals surface area (Å²) in [7, 11) is 1.47. The fourth-order valence-electron chi connectivity index (χ4n) is 3.49. The van der Waals surface area contributed by atoms with Crippen LogP contribution in [-0.4, -0.2) is 42.3 Å². The summed E-state index contributed by atoms with van der Waals surface area (Å²) >= 11 is 8.01. The van der Waals surface area contributed by atoms with Gasteiger partial charge in [0.2, 0.25) is 5.91 Å². The van der Waals surface area contributed by atoms with E-state index in [1.165, 1.54) is 29.7 Å². The van der Waals surface area contributed by atoms with Crippen molar-refractivity contribution in [3.63, 3.8) is 0 Å². The highest BCUT2D eigenvalue weighted by Gasteiger charge is 2.27. The third kappa shape index (κ3) is 13.0. The molecule has 6 nitrogen and oxygen atoms in total. The van der Waals surface area contributed by atoms with Gasteiger partial charge in [-0.2, -0.15) is 0 Å². The van der Waals surface area contributed by atoms with Crippen LogP contribution in [0.15, 0.2) is 47.2 Å². The van der Waals surface area contributed by atoms with Gasteiger partial charge >= 0.3 is 0 Å². The predicted octanol–water partition coefficient (Wildman–Crippen LogP) is 5.78. The molecule has 1 N–H and O–H groups in total. The Labute approximate surface area is 228 Å². The summed E-state index contributed by atoms with van der Waals surface area (Å²) in [5, 5.41) is 2.84. The Hall–Kier alpha value is -2.05. The molecule has 0 saturated carbocycles. The van der Waals surface area contributed by atoms with Crippen molar-refractivity contribution >= 4 is 51.9 Å². The molecule has 8 heteroatoms. The van der Waals surface area contributed by atoms with Crippen LogP contribution in [0.3, 0.4) is 0 Å². The number of carbonyl (C=O) groups excluding carboxylic acids is 3. The summed E-state index contributed by atoms with van der Waals surface area (Å²) in [5.41, 5.74) is 2.95. The Bertz CT molecular complexity index is 899. The van der Waals surface area contributed by atoms with Crippen molar-refractivity contribution in [1.82, 2.24) is 10.2 Å². The third-order valence-electron chi connectivity index (χ3n) is 5.58. The molecule has 1 rings (SSSR count). The average Bonchev–Trinajstić information content (AvgIpc) is 3.18. The largest absolute Gasteiger partial charge is 0.501 e. The number of unbranched alkanes of at least 4 members (excludes halogenated alkanes) is 1. The summed E-state index contributed by atoms with van der Waals surface area (Å²) in [6.45, 7) is 4.29. The lowest BCUT2D eigenvalue weighted by atomic mass is 9.98. The molecule has 0 aliphatic carbocycles. The number of allylic oxidation sites excluding steroid dienone is 3. The molecule has 0 saturated heterocycles. The average molecular weight is 615 g/mol. The number of methoxy groups -OCH3 is 1. The Morgan fingerprint density at radius 1 is 1.31 bits per heavy atom. The molecule has 1 heterocycles. The van der Waals surface area contributed by atoms with Gasteiger partial charge in [-0.3, -0.25) is 19.3 Å². The van der Waals surface area contributed by atoms with Crippen LogP contribution in [0.1, 0.15) is 65.2 Å². The second kappa shape index (κ2) is 18.3. The van der Waals surface area contributed by atoms with Gasteiger partial charge in [-0.05, 0) is 48.9 Å². The second-order valence-corrected chi connectivity index (χ2v) is 9.19. The van der Waals surface area contributed by atoms with Crippen LogP contribution >= 0.6 is 34.2 Å². The van der Waals surface area contributed by atoms with Crippen LogP contribution < -0.4 is 5.32 Å². The molecular formula is C27H36ClIN2O4. The summed E-state index contributed by atoms with van der Waals surface area (Å²) in [4.78, 5) is 37.4. The van der Waals surface area contributed by atoms with Gasteiger partial charge in [-0.25, -0.2) is 0 Å². The Morgan fingerprint density at radius 2 is 2.09 bits per heavy atom. The standard InChI is InChI=1S/C27H36ClIN2O4/c1-21(12-14-23(20-28)10-5-4-8-17-29)9-6-7-11-25(32)30-18-16-24(35-3)19-27(34)31-22(2)13-15-26(31)33/h6,9,13,15,19-22H,4-5,7,10-12,14,16,18H2,1-3H3,(H,30,32)/b9-6+,23-20-,24-19+/t21?,22-/m0/s1. The summed E-state index contributed by atoms with van der Waals surface area (Å²) in [6.07, 6.45) is 14.9. The minimum atomic E-state index is -0.422. The van der Waals surface area contributed by atoms with Gasteiger partial charge in [-0.1, -0.05) is 48.2 Å². The lowest BCUT2D eigenvalue weighted by Crippen LogP contribution is -2.37. The van der Waals surface area contributed by atoms with Gasteiger partial charge < -0.3 is 10.1 Å². The zero-order valence-corrected chi connectivity index (χ0v) is 23.7. The number of nitrogens with one attached hydrogen (secondary N) is 1. The van der Waals surface area contributed by atoms with E-state index in [-0.39, 0.29) is 17.9 Å². The van der Waals surface area contributed by atoms with Crippen molar-refractivity contribution in [3.8, 4) is 9.85 Å². The van der Waals surface area contributed by atoms with Gasteiger partial charge in [0.15, 0.2) is 0 Å². The van der Waals surface area contributed by atoms with Crippen LogP contribution in [-0.2, 0) is 19.1 Å². The number of amides is 3. The molecule has 1 aliphatic rings. The minimum Gasteiger partial charge on any atom is -0.501 e. The zero-order chi connectivity index (χ0) is 26.1. The zero-order valence-electron chi connectivity index (χ0n) is 20.8. The fraction of sp³-hybridized carbons (Fsp3) is 0.519. The molecule has 1 unspecified atom stereocenters. The molecule has 0 radical (unpaired) electrons. The number of carbonyl (C=O) groups is 3. The van der Waals surface area contributed by atoms with E-state index in [1.54, 1.807) is 18.5 Å². The number of halogens is 2. The fourth-order valence-corrected chi connectivity index (χ4v) is 3.98. The minimum absolute atomic E-state index is 0.0569. The second-order valence-electron chi connectivity index (χ2n) is 8.44. The van der Waals surface area contributed by atoms with E-state index >= 15 is 0 Å². The Balaban J connectivity index is 2.27. The van der Waals surface area contributed by atoms with Crippen LogP contribution in [0.25, 0.3) is 0 Å². The molecule has 1 aliphatic heterocycles. The smallest absolute Gasteiger partial charge is 0.257 e. The van der Waals surface area contributed by atoms with Gasteiger partial charge in [0.05, 0.1) is 13.2 Å². The molecule has 35 heavy (non-hydrogen) atoms. The van der Waals surface area contributed by atoms with E-state index in [4.69, 9.17) is 16.3 Å². The van der Waals surface area contributed by atoms with Crippen molar-refractivity contribution in [2.75, 3.05) is 13.7 Å². The van der Waals surface area contributed by atoms with Gasteiger partial charge in [0, 0.05) is 66.1 Å². The summed E-state index contributed by atoms with van der Waals surface area (Å²) in [5.74, 6) is 3.07. The highest BCUT2D eigenvalue weighted by atomic mass is 127. The first kappa shape index (κ1) is 31.0. The first-order valence-corrected chi connectivity index (χ1v) is 13.4. The van der Waals surface area contributed by atoms with Gasteiger partial charge in [0.1, 0.15) is 5.76 Å². The number of nitrogens with zero attached hydrogens (tertiary/aromatic N) is 1. The van der Waals surface area contributed by atoms with Crippen molar-refractivity contribution in [2.45, 2.75) is 71.3 Å². The van der Waals surface area contributed by atoms with E-state index < -0.39 is 5.91 Å². The molecule has 0 bridgehead atoms. The number of rotatable bonds is 15. The Morgan fingerprint density at radius 3 is 2.71 bits per heavy atom. The molecule has 0 aromatic rings. The molecular weight excluding hydrogens is 579 g/mol. The number of hydrogen-bond acceptors (Lipinski definition) is 4. The molecule has 0 spiro atoms. The molecule has 0 fully saturated rings. The maximum atomic E-state index is 12.3. The number of hydrogen-bond donors (Lipinski definition) is 1. The maximum absolute atomic E-state index is 12.3. The van der Waals surface area contributed by atoms with Crippen molar-refractivity contribution in [1.29, 1.82) is 0 Å². The van der Waals surface area contributed by atoms with Crippen LogP contribution in [0, 0.1) is 15.8 Å². The number of imide groups is 1. The lowest BCUT2D eigenvalue weighted by molar-refractivity contribution is -0.139. The molecule has 2 atom stereocenters. The topological polar surface area (TPSA) is 75.7 Å². The SMILES string of the molecule is CO/C(=C/C(=O)N1C(=O)C=C[C@@H]1C)CCNC(=O)CC/C=C/C(C)CC/C(=C\Cl)CCCC#CI. The summed E-state index contributed by atoms with van der Waals surface area (Å²) in [6, 6.07) is -0.274. The van der Waals surface area contributed by atoms with Crippen molar-refractivity contribution < 1.29 is 19.1 Å². The highest BCUT2D eigenvalue weighted by molar-refractivity contribution is 14.1. The van der Waals surface area contributed by atoms with E-state index in [0.29, 0.717) is 37.5 Å². The molecule has 192 valence electrons. The third-order valence-corrected chi connectivity index (χ3v) is 6.27. The number of ether oxygens (including phenoxy) is 1. The van der Waals surface area contributed by atoms with E-state index in [9.17, 15) is 14.4 Å². The lowest BCUT2D eigenvalue weighted by Gasteiger charge is -2.18. The monoisotopic (exact) mass is 614 g/mol. The Kier molecular flexibility index (Phi) is 16.2. The predicted molar refractivity (Wildman–Crippen MR) is 150 cm³/mol. The van der Waals surface area contributed by atoms with Crippen LogP contribution in [0.5, 0.6) is 0 Å². The normalized spacial score (nSPS) is 16.9.